The van der Waals surface area contributed by atoms with Crippen LogP contribution in [-0.4, -0.2) is 50.3 Å². The smallest absolute Gasteiger partial charge is 0.255 e. The van der Waals surface area contributed by atoms with Gasteiger partial charge in [-0.1, -0.05) is 13.0 Å². The Morgan fingerprint density at radius 1 is 1.03 bits per heavy atom. The summed E-state index contributed by atoms with van der Waals surface area (Å²) in [5.41, 5.74) is 6.08. The van der Waals surface area contributed by atoms with Crippen molar-refractivity contribution in [1.29, 1.82) is 0 Å². The zero-order chi connectivity index (χ0) is 22.4. The molecule has 1 saturated heterocycles. The molecule has 3 aliphatic heterocycles. The molecule has 0 radical (unpaired) electrons. The van der Waals surface area contributed by atoms with Gasteiger partial charge in [0, 0.05) is 55.5 Å². The van der Waals surface area contributed by atoms with E-state index in [9.17, 15) is 4.79 Å². The number of aromatic nitrogens is 2. The van der Waals surface area contributed by atoms with Crippen molar-refractivity contribution in [3.05, 3.63) is 77.7 Å². The number of allylic oxidation sites excluding steroid dienone is 4. The minimum Gasteiger partial charge on any atom is -0.367 e. The van der Waals surface area contributed by atoms with Crippen LogP contribution >= 0.6 is 0 Å². The summed E-state index contributed by atoms with van der Waals surface area (Å²) in [5, 5.41) is 3.57. The lowest BCUT2D eigenvalue weighted by Gasteiger charge is -2.39. The lowest BCUT2D eigenvalue weighted by Crippen LogP contribution is -2.53. The first-order chi connectivity index (χ1) is 15.4. The van der Waals surface area contributed by atoms with Crippen LogP contribution in [0.2, 0.25) is 0 Å². The monoisotopic (exact) mass is 429 g/mol. The van der Waals surface area contributed by atoms with E-state index in [0.717, 1.165) is 53.4 Å². The number of rotatable bonds is 2. The number of aryl methyl sites for hydroxylation is 1. The molecule has 0 saturated carbocycles. The number of pyridine rings is 1. The van der Waals surface area contributed by atoms with Crippen LogP contribution in [0.1, 0.15) is 38.4 Å². The standard InChI is InChI=1S/C26H31N5O/c1-17-5-7-22-8-9-23(29-12-18(2)27-19(3)13-29)16-31(22)26(32)11-24(17)21-6-10-25-28-20(4)14-30(25)15-21/h6-11,14-19,27H,5,12-13H2,1-4H3. The summed E-state index contributed by atoms with van der Waals surface area (Å²) in [5.74, 6) is 0.238. The van der Waals surface area contributed by atoms with Crippen molar-refractivity contribution < 1.29 is 4.79 Å². The van der Waals surface area contributed by atoms with E-state index < -0.39 is 0 Å². The van der Waals surface area contributed by atoms with Crippen molar-refractivity contribution in [2.45, 2.75) is 46.2 Å². The lowest BCUT2D eigenvalue weighted by atomic mass is 9.90. The fraction of sp³-hybridized carbons (Fsp3) is 0.385. The Morgan fingerprint density at radius 3 is 2.56 bits per heavy atom. The zero-order valence-electron chi connectivity index (χ0n) is 19.2. The molecule has 3 atom stereocenters. The Hall–Kier alpha value is -3.12. The second kappa shape index (κ2) is 8.10. The van der Waals surface area contributed by atoms with E-state index >= 15 is 0 Å². The Kier molecular flexibility index (Phi) is 5.25. The van der Waals surface area contributed by atoms with E-state index in [1.165, 1.54) is 0 Å². The fourth-order valence-electron chi connectivity index (χ4n) is 5.01. The average molecular weight is 430 g/mol. The molecular formula is C26H31N5O. The molecule has 2 aromatic heterocycles. The van der Waals surface area contributed by atoms with Crippen molar-refractivity contribution in [2.24, 2.45) is 5.92 Å². The van der Waals surface area contributed by atoms with Crippen molar-refractivity contribution in [1.82, 2.24) is 24.5 Å². The third-order valence-electron chi connectivity index (χ3n) is 6.52. The number of nitrogens with one attached hydrogen (secondary N) is 1. The van der Waals surface area contributed by atoms with Gasteiger partial charge in [-0.3, -0.25) is 9.69 Å². The average Bonchev–Trinajstić information content (AvgIpc) is 3.13. The van der Waals surface area contributed by atoms with Gasteiger partial charge < -0.3 is 14.6 Å². The molecule has 5 heterocycles. The Morgan fingerprint density at radius 2 is 1.78 bits per heavy atom. The number of hydrogen-bond acceptors (Lipinski definition) is 4. The molecule has 3 unspecified atom stereocenters. The molecule has 2 aromatic rings. The summed E-state index contributed by atoms with van der Waals surface area (Å²) in [7, 11) is 0. The van der Waals surface area contributed by atoms with Crippen LogP contribution in [0.15, 0.2) is 66.4 Å². The molecule has 3 aliphatic rings. The summed E-state index contributed by atoms with van der Waals surface area (Å²) in [6.07, 6.45) is 15.2. The summed E-state index contributed by atoms with van der Waals surface area (Å²) >= 11 is 0. The molecule has 32 heavy (non-hydrogen) atoms. The highest BCUT2D eigenvalue weighted by Gasteiger charge is 2.27. The minimum absolute atomic E-state index is 0.00205. The largest absolute Gasteiger partial charge is 0.367 e. The fourth-order valence-corrected chi connectivity index (χ4v) is 5.01. The third-order valence-corrected chi connectivity index (χ3v) is 6.52. The van der Waals surface area contributed by atoms with Gasteiger partial charge in [-0.05, 0) is 68.5 Å². The van der Waals surface area contributed by atoms with Crippen LogP contribution in [0.4, 0.5) is 0 Å². The lowest BCUT2D eigenvalue weighted by molar-refractivity contribution is -0.122. The highest BCUT2D eigenvalue weighted by molar-refractivity contribution is 5.98. The molecule has 166 valence electrons. The van der Waals surface area contributed by atoms with Gasteiger partial charge in [0.15, 0.2) is 0 Å². The van der Waals surface area contributed by atoms with Crippen LogP contribution in [0.3, 0.4) is 0 Å². The quantitative estimate of drug-likeness (QED) is 0.787. The minimum atomic E-state index is -0.00205. The number of piperazine rings is 1. The van der Waals surface area contributed by atoms with Crippen LogP contribution in [0.25, 0.3) is 11.2 Å². The van der Waals surface area contributed by atoms with E-state index in [2.05, 4.69) is 66.5 Å². The normalized spacial score (nSPS) is 26.3. The van der Waals surface area contributed by atoms with Gasteiger partial charge in [0.25, 0.3) is 5.91 Å². The summed E-state index contributed by atoms with van der Waals surface area (Å²) < 4.78 is 2.04. The first-order valence-corrected chi connectivity index (χ1v) is 11.5. The molecular weight excluding hydrogens is 398 g/mol. The zero-order valence-corrected chi connectivity index (χ0v) is 19.2. The topological polar surface area (TPSA) is 52.9 Å². The van der Waals surface area contributed by atoms with Gasteiger partial charge in [0.05, 0.1) is 11.4 Å². The molecule has 1 N–H and O–H groups in total. The highest BCUT2D eigenvalue weighted by Crippen LogP contribution is 2.32. The number of imidazole rings is 1. The van der Waals surface area contributed by atoms with E-state index in [-0.39, 0.29) is 11.8 Å². The second-order valence-electron chi connectivity index (χ2n) is 9.40. The maximum absolute atomic E-state index is 13.4. The molecule has 0 bridgehead atoms. The molecule has 6 nitrogen and oxygen atoms in total. The summed E-state index contributed by atoms with van der Waals surface area (Å²) in [6, 6.07) is 4.93. The van der Waals surface area contributed by atoms with E-state index in [4.69, 9.17) is 0 Å². The number of hydrogen-bond donors (Lipinski definition) is 1. The predicted molar refractivity (Wildman–Crippen MR) is 127 cm³/mol. The van der Waals surface area contributed by atoms with Crippen LogP contribution in [0, 0.1) is 12.8 Å². The number of fused-ring (bicyclic) bond motifs is 2. The molecule has 1 fully saturated rings. The van der Waals surface area contributed by atoms with Crippen LogP contribution in [-0.2, 0) is 4.79 Å². The Bertz CT molecular complexity index is 1170. The van der Waals surface area contributed by atoms with E-state index in [0.29, 0.717) is 12.1 Å². The van der Waals surface area contributed by atoms with E-state index in [1.54, 1.807) is 4.90 Å². The molecule has 0 aromatic carbocycles. The molecule has 1 amide bonds. The van der Waals surface area contributed by atoms with Crippen molar-refractivity contribution >= 4 is 17.1 Å². The Labute approximate surface area is 189 Å². The summed E-state index contributed by atoms with van der Waals surface area (Å²) in [6.45, 7) is 10.5. The van der Waals surface area contributed by atoms with Crippen molar-refractivity contribution in [3.63, 3.8) is 0 Å². The predicted octanol–water partition coefficient (Wildman–Crippen LogP) is 3.87. The van der Waals surface area contributed by atoms with Crippen molar-refractivity contribution in [3.8, 4) is 0 Å². The van der Waals surface area contributed by atoms with Crippen LogP contribution in [0.5, 0.6) is 0 Å². The number of carbonyl (C=O) groups excluding carboxylic acids is 1. The van der Waals surface area contributed by atoms with Gasteiger partial charge in [-0.25, -0.2) is 4.98 Å². The Balaban J connectivity index is 1.47. The first kappa shape index (κ1) is 20.8. The van der Waals surface area contributed by atoms with Crippen molar-refractivity contribution in [2.75, 3.05) is 13.1 Å². The number of nitrogens with zero attached hydrogens (tertiary/aromatic N) is 4. The maximum atomic E-state index is 13.4. The summed E-state index contributed by atoms with van der Waals surface area (Å²) in [4.78, 5) is 22.1. The van der Waals surface area contributed by atoms with Gasteiger partial charge in [-0.2, -0.15) is 0 Å². The molecule has 0 aliphatic carbocycles. The first-order valence-electron chi connectivity index (χ1n) is 11.5. The number of amides is 1. The van der Waals surface area contributed by atoms with Crippen LogP contribution < -0.4 is 5.32 Å². The van der Waals surface area contributed by atoms with E-state index in [1.807, 2.05) is 35.9 Å². The van der Waals surface area contributed by atoms with Gasteiger partial charge in [0.2, 0.25) is 0 Å². The SMILES string of the molecule is Cc1cn2cc(C3=CC(=O)N4C=C(N5CC(C)NC(C)C5)C=CC4=CCC3C)ccc2n1. The van der Waals surface area contributed by atoms with Gasteiger partial charge in [-0.15, -0.1) is 0 Å². The maximum Gasteiger partial charge on any atom is 0.255 e. The molecule has 5 rings (SSSR count). The highest BCUT2D eigenvalue weighted by atomic mass is 16.2. The number of carbonyl (C=O) groups is 1. The van der Waals surface area contributed by atoms with Gasteiger partial charge in [0.1, 0.15) is 5.65 Å². The van der Waals surface area contributed by atoms with Gasteiger partial charge >= 0.3 is 0 Å². The third kappa shape index (κ3) is 3.91. The molecule has 0 spiro atoms. The second-order valence-corrected chi connectivity index (χ2v) is 9.40. The molecule has 6 heteroatoms.